The number of primary amides is 1. The van der Waals surface area contributed by atoms with E-state index in [0.717, 1.165) is 0 Å². The van der Waals surface area contributed by atoms with Gasteiger partial charge in [0.1, 0.15) is 16.3 Å². The Kier molecular flexibility index (Phi) is 4.78. The van der Waals surface area contributed by atoms with Crippen LogP contribution in [-0.2, 0) is 9.54 Å². The topological polar surface area (TPSA) is 97.4 Å². The molecule has 1 aliphatic rings. The van der Waals surface area contributed by atoms with Crippen LogP contribution >= 0.6 is 11.8 Å². The van der Waals surface area contributed by atoms with Crippen molar-refractivity contribution in [2.24, 2.45) is 10.7 Å². The van der Waals surface area contributed by atoms with Crippen LogP contribution in [0.5, 0.6) is 0 Å². The molecule has 1 aliphatic heterocycles. The van der Waals surface area contributed by atoms with Crippen molar-refractivity contribution in [3.8, 4) is 0 Å². The maximum Gasteiger partial charge on any atom is 0.267 e. The standard InChI is InChI=1S/C18H17FN4O2S/c1-10(12-5-3-4-6-13(12)19)22-17-23-16(25)18(2,26-17)11-7-8-21-14(9-11)15(20)24/h3-10H,1-2H3,(H2,20,24)(H,22,23,25). The highest BCUT2D eigenvalue weighted by Gasteiger charge is 2.44. The van der Waals surface area contributed by atoms with Gasteiger partial charge in [-0.15, -0.1) is 0 Å². The van der Waals surface area contributed by atoms with Crippen molar-refractivity contribution in [3.05, 3.63) is 65.2 Å². The van der Waals surface area contributed by atoms with Crippen molar-refractivity contribution < 1.29 is 14.0 Å². The molecule has 6 nitrogen and oxygen atoms in total. The minimum atomic E-state index is -0.985. The zero-order valence-corrected chi connectivity index (χ0v) is 15.0. The molecule has 2 aromatic rings. The number of thioether (sulfide) groups is 1. The summed E-state index contributed by atoms with van der Waals surface area (Å²) in [7, 11) is 0. The van der Waals surface area contributed by atoms with Crippen molar-refractivity contribution in [3.63, 3.8) is 0 Å². The summed E-state index contributed by atoms with van der Waals surface area (Å²) >= 11 is 1.21. The van der Waals surface area contributed by atoms with Gasteiger partial charge in [-0.05, 0) is 37.6 Å². The highest BCUT2D eigenvalue weighted by Crippen LogP contribution is 2.41. The van der Waals surface area contributed by atoms with Gasteiger partial charge in [-0.2, -0.15) is 0 Å². The van der Waals surface area contributed by atoms with Crippen LogP contribution in [0.25, 0.3) is 0 Å². The number of amides is 2. The molecule has 0 aliphatic carbocycles. The maximum atomic E-state index is 13.9. The highest BCUT2D eigenvalue weighted by atomic mass is 32.2. The van der Waals surface area contributed by atoms with E-state index in [1.807, 2.05) is 0 Å². The molecule has 0 radical (unpaired) electrons. The Balaban J connectivity index is 1.89. The first-order valence-electron chi connectivity index (χ1n) is 7.90. The average molecular weight is 372 g/mol. The van der Waals surface area contributed by atoms with Crippen LogP contribution < -0.4 is 11.1 Å². The number of pyridine rings is 1. The van der Waals surface area contributed by atoms with Crippen molar-refractivity contribution in [1.29, 1.82) is 0 Å². The molecule has 2 amide bonds. The van der Waals surface area contributed by atoms with E-state index in [9.17, 15) is 14.0 Å². The van der Waals surface area contributed by atoms with Crippen LogP contribution in [0.1, 0.15) is 41.5 Å². The molecule has 26 heavy (non-hydrogen) atoms. The number of halogens is 1. The molecule has 0 bridgehead atoms. The summed E-state index contributed by atoms with van der Waals surface area (Å²) < 4.78 is 12.9. The lowest BCUT2D eigenvalue weighted by atomic mass is 9.99. The molecule has 2 atom stereocenters. The second-order valence-electron chi connectivity index (χ2n) is 6.02. The van der Waals surface area contributed by atoms with Gasteiger partial charge in [-0.25, -0.2) is 4.39 Å². The van der Waals surface area contributed by atoms with Gasteiger partial charge in [-0.3, -0.25) is 19.6 Å². The molecule has 2 unspecified atom stereocenters. The van der Waals surface area contributed by atoms with Crippen molar-refractivity contribution >= 4 is 28.7 Å². The molecule has 1 aromatic carbocycles. The van der Waals surface area contributed by atoms with Gasteiger partial charge in [0.05, 0.1) is 6.04 Å². The van der Waals surface area contributed by atoms with Crippen LogP contribution in [-0.4, -0.2) is 22.0 Å². The summed E-state index contributed by atoms with van der Waals surface area (Å²) in [6.45, 7) is 3.48. The van der Waals surface area contributed by atoms with Crippen LogP contribution in [0.4, 0.5) is 4.39 Å². The number of carbonyl (C=O) groups excluding carboxylic acids is 2. The molecule has 0 spiro atoms. The normalized spacial score (nSPS) is 22.3. The average Bonchev–Trinajstić information content (AvgIpc) is 2.90. The Bertz CT molecular complexity index is 918. The van der Waals surface area contributed by atoms with E-state index in [1.165, 1.54) is 30.1 Å². The van der Waals surface area contributed by atoms with Crippen LogP contribution in [0, 0.1) is 5.82 Å². The van der Waals surface area contributed by atoms with Crippen molar-refractivity contribution in [2.45, 2.75) is 24.6 Å². The number of benzene rings is 1. The van der Waals surface area contributed by atoms with Gasteiger partial charge in [0.15, 0.2) is 5.17 Å². The third-order valence-corrected chi connectivity index (χ3v) is 5.41. The van der Waals surface area contributed by atoms with Crippen LogP contribution in [0.3, 0.4) is 0 Å². The molecule has 2 heterocycles. The SMILES string of the molecule is CC(N=C1NC(=O)C(C)(c2ccnc(C(N)=O)c2)S1)c1ccccc1F. The van der Waals surface area contributed by atoms with Gasteiger partial charge < -0.3 is 11.1 Å². The second-order valence-corrected chi connectivity index (χ2v) is 7.42. The number of amidine groups is 1. The molecular weight excluding hydrogens is 355 g/mol. The van der Waals surface area contributed by atoms with Gasteiger partial charge in [0.2, 0.25) is 5.91 Å². The van der Waals surface area contributed by atoms with Crippen molar-refractivity contribution in [2.75, 3.05) is 0 Å². The zero-order valence-electron chi connectivity index (χ0n) is 14.2. The summed E-state index contributed by atoms with van der Waals surface area (Å²) in [4.78, 5) is 32.2. The second kappa shape index (κ2) is 6.87. The van der Waals surface area contributed by atoms with Crippen LogP contribution in [0.2, 0.25) is 0 Å². The number of hydrogen-bond acceptors (Lipinski definition) is 5. The molecule has 1 aromatic heterocycles. The molecule has 3 rings (SSSR count). The third kappa shape index (κ3) is 3.32. The zero-order chi connectivity index (χ0) is 18.9. The minimum Gasteiger partial charge on any atom is -0.364 e. The summed E-state index contributed by atoms with van der Waals surface area (Å²) in [6, 6.07) is 9.08. The molecular formula is C18H17FN4O2S. The van der Waals surface area contributed by atoms with Crippen LogP contribution in [0.15, 0.2) is 47.6 Å². The monoisotopic (exact) mass is 372 g/mol. The van der Waals surface area contributed by atoms with E-state index in [4.69, 9.17) is 5.73 Å². The lowest BCUT2D eigenvalue weighted by Gasteiger charge is -2.19. The number of aromatic nitrogens is 1. The number of aliphatic imine (C=N–C) groups is 1. The predicted octanol–water partition coefficient (Wildman–Crippen LogP) is 2.52. The van der Waals surface area contributed by atoms with E-state index >= 15 is 0 Å². The lowest BCUT2D eigenvalue weighted by molar-refractivity contribution is -0.121. The fourth-order valence-electron chi connectivity index (χ4n) is 2.65. The number of nitrogens with one attached hydrogen (secondary N) is 1. The number of nitrogens with two attached hydrogens (primary N) is 1. The summed E-state index contributed by atoms with van der Waals surface area (Å²) in [6.07, 6.45) is 1.44. The largest absolute Gasteiger partial charge is 0.364 e. The van der Waals surface area contributed by atoms with E-state index in [-0.39, 0.29) is 17.4 Å². The van der Waals surface area contributed by atoms with E-state index in [1.54, 1.807) is 38.1 Å². The first-order valence-corrected chi connectivity index (χ1v) is 8.72. The number of carbonyl (C=O) groups is 2. The molecule has 1 fully saturated rings. The Morgan fingerprint density at radius 2 is 2.12 bits per heavy atom. The Morgan fingerprint density at radius 1 is 1.38 bits per heavy atom. The first-order chi connectivity index (χ1) is 12.3. The van der Waals surface area contributed by atoms with E-state index < -0.39 is 16.7 Å². The van der Waals surface area contributed by atoms with E-state index in [0.29, 0.717) is 16.3 Å². The first kappa shape index (κ1) is 18.1. The maximum absolute atomic E-state index is 13.9. The third-order valence-electron chi connectivity index (χ3n) is 4.18. The Morgan fingerprint density at radius 3 is 2.81 bits per heavy atom. The van der Waals surface area contributed by atoms with Gasteiger partial charge in [-0.1, -0.05) is 30.0 Å². The molecule has 3 N–H and O–H groups in total. The molecule has 134 valence electrons. The highest BCUT2D eigenvalue weighted by molar-refractivity contribution is 8.15. The van der Waals surface area contributed by atoms with Gasteiger partial charge in [0, 0.05) is 11.8 Å². The minimum absolute atomic E-state index is 0.0854. The fraction of sp³-hybridized carbons (Fsp3) is 0.222. The Hall–Kier alpha value is -2.74. The molecule has 0 saturated carbocycles. The predicted molar refractivity (Wildman–Crippen MR) is 98.1 cm³/mol. The summed E-state index contributed by atoms with van der Waals surface area (Å²) in [5, 5.41) is 3.12. The molecule has 8 heteroatoms. The Labute approximate surface area is 154 Å². The van der Waals surface area contributed by atoms with Gasteiger partial charge >= 0.3 is 0 Å². The van der Waals surface area contributed by atoms with Gasteiger partial charge in [0.25, 0.3) is 5.91 Å². The van der Waals surface area contributed by atoms with Crippen molar-refractivity contribution in [1.82, 2.24) is 10.3 Å². The fourth-order valence-corrected chi connectivity index (χ4v) is 3.78. The number of rotatable bonds is 4. The summed E-state index contributed by atoms with van der Waals surface area (Å²) in [5.41, 5.74) is 6.39. The molecule has 1 saturated heterocycles. The smallest absolute Gasteiger partial charge is 0.267 e. The number of nitrogens with zero attached hydrogens (tertiary/aromatic N) is 2. The number of hydrogen-bond donors (Lipinski definition) is 2. The quantitative estimate of drug-likeness (QED) is 0.862. The lowest BCUT2D eigenvalue weighted by Crippen LogP contribution is -2.32. The summed E-state index contributed by atoms with van der Waals surface area (Å²) in [5.74, 6) is -1.29. The van der Waals surface area contributed by atoms with E-state index in [2.05, 4.69) is 15.3 Å².